The van der Waals surface area contributed by atoms with Gasteiger partial charge in [-0.3, -0.25) is 19.3 Å². The Morgan fingerprint density at radius 3 is 2.39 bits per heavy atom. The van der Waals surface area contributed by atoms with Crippen LogP contribution in [0.3, 0.4) is 0 Å². The summed E-state index contributed by atoms with van der Waals surface area (Å²) in [6.45, 7) is 0. The fourth-order valence-electron chi connectivity index (χ4n) is 4.49. The van der Waals surface area contributed by atoms with Gasteiger partial charge >= 0.3 is 0 Å². The van der Waals surface area contributed by atoms with Crippen LogP contribution in [0.5, 0.6) is 0 Å². The number of nitrogens with zero attached hydrogens (tertiary/aromatic N) is 3. The van der Waals surface area contributed by atoms with E-state index < -0.39 is 5.91 Å². The van der Waals surface area contributed by atoms with Gasteiger partial charge in [-0.1, -0.05) is 48.5 Å². The molecule has 0 aliphatic heterocycles. The molecule has 0 spiro atoms. The second kappa shape index (κ2) is 11.4. The summed E-state index contributed by atoms with van der Waals surface area (Å²) in [5, 5.41) is 9.85. The van der Waals surface area contributed by atoms with E-state index in [2.05, 4.69) is 15.5 Å². The molecule has 0 saturated carbocycles. The van der Waals surface area contributed by atoms with Crippen molar-refractivity contribution in [3.8, 4) is 28.2 Å². The summed E-state index contributed by atoms with van der Waals surface area (Å²) in [5.74, 6) is 0.0874. The highest BCUT2D eigenvalue weighted by Gasteiger charge is 2.22. The molecule has 8 heteroatoms. The number of nitrogens with two attached hydrogens (primary N) is 1. The zero-order valence-electron chi connectivity index (χ0n) is 20.8. The number of unbranched alkanes of at least 4 members (excludes halogenated alkanes) is 1. The molecule has 8 nitrogen and oxygen atoms in total. The molecule has 38 heavy (non-hydrogen) atoms. The van der Waals surface area contributed by atoms with Gasteiger partial charge in [0.05, 0.1) is 17.5 Å². The summed E-state index contributed by atoms with van der Waals surface area (Å²) >= 11 is 0. The molecule has 0 aliphatic rings. The molecule has 5 rings (SSSR count). The zero-order valence-corrected chi connectivity index (χ0v) is 20.8. The van der Waals surface area contributed by atoms with E-state index in [-0.39, 0.29) is 5.91 Å². The van der Waals surface area contributed by atoms with Gasteiger partial charge in [0.1, 0.15) is 5.82 Å². The molecule has 4 N–H and O–H groups in total. The first-order valence-corrected chi connectivity index (χ1v) is 12.5. The third-order valence-corrected chi connectivity index (χ3v) is 6.30. The van der Waals surface area contributed by atoms with Crippen LogP contribution in [0, 0.1) is 0 Å². The highest BCUT2D eigenvalue weighted by molar-refractivity contribution is 6.03. The number of aryl methyl sites for hydroxylation is 1. The van der Waals surface area contributed by atoms with Crippen LogP contribution < -0.4 is 11.1 Å². The quantitative estimate of drug-likeness (QED) is 0.221. The Bertz CT molecular complexity index is 1530. The molecule has 3 aromatic carbocycles. The number of aromatic amines is 1. The number of H-pyrrole nitrogens is 1. The van der Waals surface area contributed by atoms with Crippen LogP contribution >= 0.6 is 0 Å². The zero-order chi connectivity index (χ0) is 26.3. The molecule has 5 aromatic rings. The Hall–Kier alpha value is -4.98. The van der Waals surface area contributed by atoms with E-state index in [9.17, 15) is 9.59 Å². The normalized spacial score (nSPS) is 10.8. The summed E-state index contributed by atoms with van der Waals surface area (Å²) in [6.07, 6.45) is 8.11. The van der Waals surface area contributed by atoms with Crippen LogP contribution in [-0.4, -0.2) is 31.6 Å². The van der Waals surface area contributed by atoms with Crippen molar-refractivity contribution in [1.29, 1.82) is 0 Å². The monoisotopic (exact) mass is 504 g/mol. The molecule has 2 heterocycles. The van der Waals surface area contributed by atoms with Crippen molar-refractivity contribution in [3.05, 3.63) is 109 Å². The third kappa shape index (κ3) is 5.54. The SMILES string of the molecule is NC(=O)c1cccc(-c2cn[nH]c2)c1-c1nc(CCCCC(=O)Nc2ccccc2)cn1-c1ccccc1. The number of primary amides is 1. The van der Waals surface area contributed by atoms with Gasteiger partial charge in [-0.05, 0) is 55.2 Å². The largest absolute Gasteiger partial charge is 0.366 e. The van der Waals surface area contributed by atoms with E-state index in [4.69, 9.17) is 10.7 Å². The number of carbonyl (C=O) groups excluding carboxylic acids is 2. The minimum atomic E-state index is -0.529. The number of hydrogen-bond acceptors (Lipinski definition) is 4. The van der Waals surface area contributed by atoms with Crippen molar-refractivity contribution in [3.63, 3.8) is 0 Å². The number of hydrogen-bond donors (Lipinski definition) is 3. The van der Waals surface area contributed by atoms with Gasteiger partial charge in [-0.15, -0.1) is 0 Å². The number of anilines is 1. The molecule has 0 atom stereocenters. The first-order valence-electron chi connectivity index (χ1n) is 12.5. The van der Waals surface area contributed by atoms with Gasteiger partial charge in [0, 0.05) is 41.3 Å². The molecule has 0 aliphatic carbocycles. The van der Waals surface area contributed by atoms with Crippen LogP contribution in [0.15, 0.2) is 97.5 Å². The molecule has 0 fully saturated rings. The lowest BCUT2D eigenvalue weighted by atomic mass is 9.96. The maximum Gasteiger partial charge on any atom is 0.249 e. The van der Waals surface area contributed by atoms with Crippen LogP contribution in [0.1, 0.15) is 35.3 Å². The molecule has 190 valence electrons. The fourth-order valence-corrected chi connectivity index (χ4v) is 4.49. The topological polar surface area (TPSA) is 119 Å². The number of para-hydroxylation sites is 2. The van der Waals surface area contributed by atoms with Crippen molar-refractivity contribution in [2.75, 3.05) is 5.32 Å². The van der Waals surface area contributed by atoms with Gasteiger partial charge < -0.3 is 11.1 Å². The molecule has 2 amide bonds. The summed E-state index contributed by atoms with van der Waals surface area (Å²) in [7, 11) is 0. The summed E-state index contributed by atoms with van der Waals surface area (Å²) in [6, 6.07) is 24.8. The predicted molar refractivity (Wildman–Crippen MR) is 148 cm³/mol. The van der Waals surface area contributed by atoms with E-state index in [0.717, 1.165) is 41.0 Å². The smallest absolute Gasteiger partial charge is 0.249 e. The fraction of sp³-hybridized carbons (Fsp3) is 0.133. The number of imidazole rings is 1. The Morgan fingerprint density at radius 2 is 1.68 bits per heavy atom. The average Bonchev–Trinajstić information content (AvgIpc) is 3.62. The van der Waals surface area contributed by atoms with Crippen LogP contribution in [0.2, 0.25) is 0 Å². The van der Waals surface area contributed by atoms with E-state index in [0.29, 0.717) is 29.8 Å². The average molecular weight is 505 g/mol. The number of benzene rings is 3. The van der Waals surface area contributed by atoms with Crippen LogP contribution in [0.4, 0.5) is 5.69 Å². The van der Waals surface area contributed by atoms with Crippen LogP contribution in [-0.2, 0) is 11.2 Å². The lowest BCUT2D eigenvalue weighted by molar-refractivity contribution is -0.116. The molecule has 0 bridgehead atoms. The third-order valence-electron chi connectivity index (χ3n) is 6.30. The number of nitrogens with one attached hydrogen (secondary N) is 2. The van der Waals surface area contributed by atoms with Gasteiger partial charge in [0.15, 0.2) is 0 Å². The molecule has 0 radical (unpaired) electrons. The first kappa shape index (κ1) is 24.7. The van der Waals surface area contributed by atoms with Crippen molar-refractivity contribution in [2.24, 2.45) is 5.73 Å². The summed E-state index contributed by atoms with van der Waals surface area (Å²) < 4.78 is 1.99. The van der Waals surface area contributed by atoms with Gasteiger partial charge in [-0.2, -0.15) is 5.10 Å². The predicted octanol–water partition coefficient (Wildman–Crippen LogP) is 5.38. The molecular weight excluding hydrogens is 476 g/mol. The summed E-state index contributed by atoms with van der Waals surface area (Å²) in [5.41, 5.74) is 11.1. The molecular formula is C30H28N6O2. The van der Waals surface area contributed by atoms with Crippen molar-refractivity contribution in [2.45, 2.75) is 25.7 Å². The van der Waals surface area contributed by atoms with E-state index in [1.54, 1.807) is 18.5 Å². The minimum Gasteiger partial charge on any atom is -0.366 e. The Labute approximate surface area is 220 Å². The molecule has 0 saturated heterocycles. The van der Waals surface area contributed by atoms with Crippen LogP contribution in [0.25, 0.3) is 28.2 Å². The maximum atomic E-state index is 12.5. The van der Waals surface area contributed by atoms with Gasteiger partial charge in [0.2, 0.25) is 11.8 Å². The molecule has 0 unspecified atom stereocenters. The second-order valence-electron chi connectivity index (χ2n) is 8.96. The number of amides is 2. The minimum absolute atomic E-state index is 0.00755. The Morgan fingerprint density at radius 1 is 0.921 bits per heavy atom. The number of carbonyl (C=O) groups is 2. The van der Waals surface area contributed by atoms with Crippen molar-refractivity contribution in [1.82, 2.24) is 19.7 Å². The number of rotatable bonds is 10. The van der Waals surface area contributed by atoms with Gasteiger partial charge in [0.25, 0.3) is 0 Å². The highest BCUT2D eigenvalue weighted by atomic mass is 16.1. The lowest BCUT2D eigenvalue weighted by Crippen LogP contribution is -2.14. The second-order valence-corrected chi connectivity index (χ2v) is 8.96. The lowest BCUT2D eigenvalue weighted by Gasteiger charge is -2.14. The molecule has 2 aromatic heterocycles. The first-order chi connectivity index (χ1) is 18.6. The Balaban J connectivity index is 1.42. The van der Waals surface area contributed by atoms with Gasteiger partial charge in [-0.25, -0.2) is 4.98 Å². The highest BCUT2D eigenvalue weighted by Crippen LogP contribution is 2.35. The van der Waals surface area contributed by atoms with E-state index in [1.165, 1.54) is 0 Å². The summed E-state index contributed by atoms with van der Waals surface area (Å²) in [4.78, 5) is 29.8. The van der Waals surface area contributed by atoms with Crippen molar-refractivity contribution >= 4 is 17.5 Å². The van der Waals surface area contributed by atoms with E-state index >= 15 is 0 Å². The van der Waals surface area contributed by atoms with E-state index in [1.807, 2.05) is 83.6 Å². The number of aromatic nitrogens is 4. The maximum absolute atomic E-state index is 12.5. The Kier molecular flexibility index (Phi) is 7.40. The standard InChI is InChI=1S/C30H28N6O2/c31-29(38)26-16-9-15-25(21-18-32-33-19-21)28(26)30-35-23(20-36(30)24-13-5-2-6-14-24)12-7-8-17-27(37)34-22-10-3-1-4-11-22/h1-6,9-11,13-16,18-20H,7-8,12,17H2,(H2,31,38)(H,32,33)(H,34,37). The van der Waals surface area contributed by atoms with Crippen molar-refractivity contribution < 1.29 is 9.59 Å².